The summed E-state index contributed by atoms with van der Waals surface area (Å²) in [6.07, 6.45) is 1.36. The molecule has 4 rings (SSSR count). The van der Waals surface area contributed by atoms with Gasteiger partial charge in [-0.05, 0) is 66.9 Å². The number of hydrogen-bond donors (Lipinski definition) is 2. The van der Waals surface area contributed by atoms with Gasteiger partial charge in [0, 0.05) is 5.69 Å². The highest BCUT2D eigenvalue weighted by Gasteiger charge is 2.45. The Morgan fingerprint density at radius 3 is 2.34 bits per heavy atom. The van der Waals surface area contributed by atoms with Gasteiger partial charge in [0.15, 0.2) is 11.5 Å². The number of carbonyl (C=O) groups is 2. The second kappa shape index (κ2) is 6.98. The highest BCUT2D eigenvalue weighted by Crippen LogP contribution is 2.42. The van der Waals surface area contributed by atoms with Crippen molar-refractivity contribution in [3.8, 4) is 5.75 Å². The molecule has 0 radical (unpaired) electrons. The Bertz CT molecular complexity index is 1130. The number of rotatable bonds is 4. The van der Waals surface area contributed by atoms with E-state index < -0.39 is 23.5 Å². The Morgan fingerprint density at radius 1 is 1.00 bits per heavy atom. The van der Waals surface area contributed by atoms with Crippen molar-refractivity contribution in [2.24, 2.45) is 0 Å². The summed E-state index contributed by atoms with van der Waals surface area (Å²) < 4.78 is 5.21. The molecule has 1 unspecified atom stereocenters. The summed E-state index contributed by atoms with van der Waals surface area (Å²) in [5, 5.41) is 20.3. The number of aliphatic hydroxyl groups excluding tert-OH is 1. The van der Waals surface area contributed by atoms with Gasteiger partial charge < -0.3 is 14.6 Å². The van der Waals surface area contributed by atoms with Crippen molar-refractivity contribution in [3.05, 3.63) is 94.6 Å². The molecule has 2 N–H and O–H groups in total. The molecule has 0 spiro atoms. The molecule has 1 atom stereocenters. The highest BCUT2D eigenvalue weighted by atomic mass is 16.3. The van der Waals surface area contributed by atoms with Crippen LogP contribution in [0.1, 0.15) is 33.3 Å². The summed E-state index contributed by atoms with van der Waals surface area (Å²) in [4.78, 5) is 27.5. The summed E-state index contributed by atoms with van der Waals surface area (Å²) in [6, 6.07) is 13.9. The maximum Gasteiger partial charge on any atom is 0.294 e. The minimum absolute atomic E-state index is 0.0325. The number of nitrogens with zero attached hydrogens (tertiary/aromatic N) is 1. The van der Waals surface area contributed by atoms with E-state index >= 15 is 0 Å². The molecule has 146 valence electrons. The standard InChI is InChI=1S/C23H19NO5/c1-13-5-8-16(12-14(13)2)24-20(15-6-9-17(25)10-7-15)19(22(27)23(24)28)21(26)18-4-3-11-29-18/h3-12,20,25,27H,1-2H3. The van der Waals surface area contributed by atoms with Crippen LogP contribution in [-0.2, 0) is 4.79 Å². The predicted octanol–water partition coefficient (Wildman–Crippen LogP) is 4.38. The van der Waals surface area contributed by atoms with Gasteiger partial charge in [-0.1, -0.05) is 18.2 Å². The second-order valence-electron chi connectivity index (χ2n) is 7.01. The fourth-order valence-electron chi connectivity index (χ4n) is 3.49. The monoisotopic (exact) mass is 389 g/mol. The summed E-state index contributed by atoms with van der Waals surface area (Å²) in [7, 11) is 0. The number of phenolic OH excluding ortho intramolecular Hbond substituents is 1. The third-order valence-corrected chi connectivity index (χ3v) is 5.18. The van der Waals surface area contributed by atoms with Crippen molar-refractivity contribution in [3.63, 3.8) is 0 Å². The number of benzene rings is 2. The first-order chi connectivity index (χ1) is 13.9. The van der Waals surface area contributed by atoms with E-state index in [1.807, 2.05) is 26.0 Å². The number of aromatic hydroxyl groups is 1. The zero-order valence-corrected chi connectivity index (χ0v) is 15.9. The fourth-order valence-corrected chi connectivity index (χ4v) is 3.49. The van der Waals surface area contributed by atoms with Crippen molar-refractivity contribution in [2.45, 2.75) is 19.9 Å². The number of Topliss-reactive ketones (excluding diaryl/α,β-unsaturated/α-hetero) is 1. The van der Waals surface area contributed by atoms with E-state index in [9.17, 15) is 19.8 Å². The van der Waals surface area contributed by atoms with Crippen LogP contribution in [-0.4, -0.2) is 21.9 Å². The van der Waals surface area contributed by atoms with Crippen molar-refractivity contribution < 1.29 is 24.2 Å². The van der Waals surface area contributed by atoms with Gasteiger partial charge in [-0.3, -0.25) is 14.5 Å². The van der Waals surface area contributed by atoms with E-state index in [4.69, 9.17) is 4.42 Å². The number of amides is 1. The number of carbonyl (C=O) groups excluding carboxylic acids is 2. The Kier molecular flexibility index (Phi) is 4.47. The first-order valence-corrected chi connectivity index (χ1v) is 9.09. The Balaban J connectivity index is 1.89. The molecule has 0 saturated heterocycles. The zero-order valence-electron chi connectivity index (χ0n) is 15.9. The van der Waals surface area contributed by atoms with Crippen LogP contribution in [0.5, 0.6) is 5.75 Å². The van der Waals surface area contributed by atoms with Crippen LogP contribution >= 0.6 is 0 Å². The lowest BCUT2D eigenvalue weighted by molar-refractivity contribution is -0.117. The van der Waals surface area contributed by atoms with Crippen LogP contribution in [0.3, 0.4) is 0 Å². The fraction of sp³-hybridized carbons (Fsp3) is 0.130. The molecular weight excluding hydrogens is 370 g/mol. The summed E-state index contributed by atoms with van der Waals surface area (Å²) in [6.45, 7) is 3.89. The minimum atomic E-state index is -0.859. The molecule has 2 heterocycles. The average molecular weight is 389 g/mol. The van der Waals surface area contributed by atoms with Gasteiger partial charge in [0.25, 0.3) is 5.91 Å². The lowest BCUT2D eigenvalue weighted by atomic mass is 9.94. The molecule has 6 nitrogen and oxygen atoms in total. The Morgan fingerprint density at radius 2 is 1.72 bits per heavy atom. The van der Waals surface area contributed by atoms with Gasteiger partial charge >= 0.3 is 0 Å². The van der Waals surface area contributed by atoms with Crippen LogP contribution in [0.2, 0.25) is 0 Å². The van der Waals surface area contributed by atoms with Crippen molar-refractivity contribution in [1.29, 1.82) is 0 Å². The van der Waals surface area contributed by atoms with Gasteiger partial charge in [-0.15, -0.1) is 0 Å². The van der Waals surface area contributed by atoms with E-state index in [0.717, 1.165) is 11.1 Å². The number of phenols is 1. The predicted molar refractivity (Wildman–Crippen MR) is 107 cm³/mol. The quantitative estimate of drug-likeness (QED) is 0.646. The average Bonchev–Trinajstić information content (AvgIpc) is 3.32. The summed E-state index contributed by atoms with van der Waals surface area (Å²) >= 11 is 0. The second-order valence-corrected chi connectivity index (χ2v) is 7.01. The van der Waals surface area contributed by atoms with E-state index in [1.165, 1.54) is 29.4 Å². The van der Waals surface area contributed by atoms with Gasteiger partial charge in [0.05, 0.1) is 17.9 Å². The lowest BCUT2D eigenvalue weighted by Crippen LogP contribution is -2.31. The molecule has 29 heavy (non-hydrogen) atoms. The number of furan rings is 1. The minimum Gasteiger partial charge on any atom is -0.508 e. The lowest BCUT2D eigenvalue weighted by Gasteiger charge is -2.27. The largest absolute Gasteiger partial charge is 0.508 e. The zero-order chi connectivity index (χ0) is 20.7. The molecule has 1 aliphatic rings. The van der Waals surface area contributed by atoms with E-state index in [2.05, 4.69) is 0 Å². The normalized spacial score (nSPS) is 16.6. The smallest absolute Gasteiger partial charge is 0.294 e. The third kappa shape index (κ3) is 3.08. The summed E-state index contributed by atoms with van der Waals surface area (Å²) in [5.41, 5.74) is 3.11. The molecule has 1 aliphatic heterocycles. The Hall–Kier alpha value is -3.80. The van der Waals surface area contributed by atoms with Crippen molar-refractivity contribution in [2.75, 3.05) is 4.90 Å². The Labute approximate surface area is 167 Å². The van der Waals surface area contributed by atoms with Crippen LogP contribution in [0, 0.1) is 13.8 Å². The van der Waals surface area contributed by atoms with Crippen LogP contribution in [0.25, 0.3) is 0 Å². The van der Waals surface area contributed by atoms with Crippen LogP contribution < -0.4 is 4.90 Å². The third-order valence-electron chi connectivity index (χ3n) is 5.18. The number of aliphatic hydroxyl groups is 1. The number of hydrogen-bond acceptors (Lipinski definition) is 5. The molecule has 2 aromatic carbocycles. The summed E-state index contributed by atoms with van der Waals surface area (Å²) in [5.74, 6) is -1.75. The van der Waals surface area contributed by atoms with Crippen LogP contribution in [0.4, 0.5) is 5.69 Å². The first kappa shape index (κ1) is 18.6. The van der Waals surface area contributed by atoms with Crippen molar-refractivity contribution >= 4 is 17.4 Å². The maximum absolute atomic E-state index is 13.1. The van der Waals surface area contributed by atoms with Gasteiger partial charge in [-0.25, -0.2) is 0 Å². The van der Waals surface area contributed by atoms with Gasteiger partial charge in [0.2, 0.25) is 5.78 Å². The van der Waals surface area contributed by atoms with Crippen LogP contribution in [0.15, 0.2) is 76.6 Å². The van der Waals surface area contributed by atoms with Crippen molar-refractivity contribution in [1.82, 2.24) is 0 Å². The molecular formula is C23H19NO5. The maximum atomic E-state index is 13.1. The molecule has 1 aromatic heterocycles. The molecule has 0 saturated carbocycles. The number of ketones is 1. The van der Waals surface area contributed by atoms with Gasteiger partial charge in [-0.2, -0.15) is 0 Å². The topological polar surface area (TPSA) is 91.0 Å². The van der Waals surface area contributed by atoms with E-state index in [-0.39, 0.29) is 17.1 Å². The van der Waals surface area contributed by atoms with E-state index in [1.54, 1.807) is 24.3 Å². The molecule has 0 fully saturated rings. The molecule has 0 aliphatic carbocycles. The first-order valence-electron chi connectivity index (χ1n) is 9.09. The molecule has 6 heteroatoms. The van der Waals surface area contributed by atoms with Gasteiger partial charge in [0.1, 0.15) is 5.75 Å². The molecule has 1 amide bonds. The SMILES string of the molecule is Cc1ccc(N2C(=O)C(O)=C(C(=O)c3ccco3)C2c2ccc(O)cc2)cc1C. The highest BCUT2D eigenvalue weighted by molar-refractivity contribution is 6.20. The number of anilines is 1. The molecule has 3 aromatic rings. The number of aryl methyl sites for hydroxylation is 2. The molecule has 0 bridgehead atoms. The van der Waals surface area contributed by atoms with E-state index in [0.29, 0.717) is 11.3 Å².